The number of aliphatic hydroxyl groups is 1. The van der Waals surface area contributed by atoms with Crippen LogP contribution in [-0.4, -0.2) is 34.3 Å². The number of nitrogens with zero attached hydrogens (tertiary/aromatic N) is 1. The molecule has 1 heterocycles. The number of benzene rings is 1. The van der Waals surface area contributed by atoms with Crippen molar-refractivity contribution in [3.8, 4) is 0 Å². The second-order valence-corrected chi connectivity index (χ2v) is 6.47. The number of ketones is 1. The Labute approximate surface area is 136 Å². The standard InChI is InChI=1S/C19H23NO3/c1-2-3-4-5-13-6-8-14(9-7-13)18(22)17-16(21)12-20(19(17)23)15-10-11-15/h6-9,15,22H,2-5,10-12H2,1H3/b18-17+. The molecule has 122 valence electrons. The second kappa shape index (κ2) is 6.57. The molecule has 0 radical (unpaired) electrons. The lowest BCUT2D eigenvalue weighted by atomic mass is 10.0. The van der Waals surface area contributed by atoms with E-state index in [0.29, 0.717) is 5.56 Å². The molecule has 4 nitrogen and oxygen atoms in total. The first-order valence-electron chi connectivity index (χ1n) is 8.48. The van der Waals surface area contributed by atoms with E-state index in [1.165, 1.54) is 18.4 Å². The third kappa shape index (κ3) is 3.31. The number of unbranched alkanes of at least 4 members (excludes halogenated alkanes) is 2. The van der Waals surface area contributed by atoms with E-state index in [2.05, 4.69) is 6.92 Å². The number of likely N-dealkylation sites (tertiary alicyclic amines) is 1. The van der Waals surface area contributed by atoms with E-state index in [9.17, 15) is 14.7 Å². The van der Waals surface area contributed by atoms with Gasteiger partial charge in [-0.1, -0.05) is 44.0 Å². The minimum absolute atomic E-state index is 0.0457. The van der Waals surface area contributed by atoms with Gasteiger partial charge in [-0.3, -0.25) is 9.59 Å². The maximum atomic E-state index is 12.3. The molecular formula is C19H23NO3. The van der Waals surface area contributed by atoms with Crippen molar-refractivity contribution in [3.05, 3.63) is 41.0 Å². The minimum atomic E-state index is -0.318. The van der Waals surface area contributed by atoms with Crippen molar-refractivity contribution in [3.63, 3.8) is 0 Å². The number of amides is 1. The van der Waals surface area contributed by atoms with Crippen LogP contribution in [0, 0.1) is 0 Å². The lowest BCUT2D eigenvalue weighted by molar-refractivity contribution is -0.125. The molecule has 2 aliphatic rings. The molecule has 1 aliphatic carbocycles. The van der Waals surface area contributed by atoms with E-state index in [-0.39, 0.29) is 35.6 Å². The number of aliphatic hydroxyl groups excluding tert-OH is 1. The summed E-state index contributed by atoms with van der Waals surface area (Å²) in [6.45, 7) is 2.28. The average molecular weight is 313 g/mol. The van der Waals surface area contributed by atoms with Crippen molar-refractivity contribution in [2.45, 2.75) is 51.5 Å². The fourth-order valence-corrected chi connectivity index (χ4v) is 3.04. The maximum absolute atomic E-state index is 12.3. The SMILES string of the molecule is CCCCCc1ccc(/C(O)=C2/C(=O)CN(C3CC3)C2=O)cc1. The summed E-state index contributed by atoms with van der Waals surface area (Å²) >= 11 is 0. The molecule has 1 saturated carbocycles. The molecule has 2 fully saturated rings. The molecule has 3 rings (SSSR count). The third-order valence-corrected chi connectivity index (χ3v) is 4.59. The van der Waals surface area contributed by atoms with Crippen molar-refractivity contribution in [1.29, 1.82) is 0 Å². The molecule has 0 spiro atoms. The first kappa shape index (κ1) is 15.8. The Balaban J connectivity index is 1.77. The normalized spacial score (nSPS) is 20.3. The first-order chi connectivity index (χ1) is 11.1. The summed E-state index contributed by atoms with van der Waals surface area (Å²) in [6, 6.07) is 7.71. The summed E-state index contributed by atoms with van der Waals surface area (Å²) in [5.74, 6) is -0.767. The van der Waals surface area contributed by atoms with Crippen LogP contribution in [0.25, 0.3) is 5.76 Å². The Morgan fingerprint density at radius 3 is 2.48 bits per heavy atom. The molecule has 0 atom stereocenters. The third-order valence-electron chi connectivity index (χ3n) is 4.59. The lowest BCUT2D eigenvalue weighted by Gasteiger charge is -2.12. The summed E-state index contributed by atoms with van der Waals surface area (Å²) in [7, 11) is 0. The topological polar surface area (TPSA) is 57.6 Å². The Morgan fingerprint density at radius 2 is 1.87 bits per heavy atom. The predicted octanol–water partition coefficient (Wildman–Crippen LogP) is 3.26. The fourth-order valence-electron chi connectivity index (χ4n) is 3.04. The number of hydrogen-bond acceptors (Lipinski definition) is 3. The monoisotopic (exact) mass is 313 g/mol. The van der Waals surface area contributed by atoms with Crippen molar-refractivity contribution >= 4 is 17.4 Å². The molecular weight excluding hydrogens is 290 g/mol. The van der Waals surface area contributed by atoms with Crippen LogP contribution in [0.3, 0.4) is 0 Å². The molecule has 0 unspecified atom stereocenters. The molecule has 0 aromatic heterocycles. The van der Waals surface area contributed by atoms with E-state index in [1.54, 1.807) is 17.0 Å². The smallest absolute Gasteiger partial charge is 0.262 e. The van der Waals surface area contributed by atoms with E-state index in [4.69, 9.17) is 0 Å². The molecule has 1 N–H and O–H groups in total. The highest BCUT2D eigenvalue weighted by Gasteiger charge is 2.43. The molecule has 1 saturated heterocycles. The summed E-state index contributed by atoms with van der Waals surface area (Å²) in [5, 5.41) is 10.4. The lowest BCUT2D eigenvalue weighted by Crippen LogP contribution is -2.27. The van der Waals surface area contributed by atoms with Gasteiger partial charge in [-0.25, -0.2) is 0 Å². The Morgan fingerprint density at radius 1 is 1.17 bits per heavy atom. The van der Waals surface area contributed by atoms with E-state index in [0.717, 1.165) is 25.7 Å². The quantitative estimate of drug-likeness (QED) is 0.379. The van der Waals surface area contributed by atoms with Crippen molar-refractivity contribution < 1.29 is 14.7 Å². The number of Topliss-reactive ketones (excluding diaryl/α,β-unsaturated/α-hetero) is 1. The van der Waals surface area contributed by atoms with Gasteiger partial charge in [-0.05, 0) is 31.2 Å². The molecule has 4 heteroatoms. The number of carbonyl (C=O) groups excluding carboxylic acids is 2. The summed E-state index contributed by atoms with van der Waals surface area (Å²) < 4.78 is 0. The maximum Gasteiger partial charge on any atom is 0.262 e. The number of carbonyl (C=O) groups is 2. The van der Waals surface area contributed by atoms with Crippen molar-refractivity contribution in [2.75, 3.05) is 6.54 Å². The number of aryl methyl sites for hydroxylation is 1. The van der Waals surface area contributed by atoms with Gasteiger partial charge in [0, 0.05) is 11.6 Å². The van der Waals surface area contributed by atoms with Gasteiger partial charge in [0.15, 0.2) is 5.78 Å². The van der Waals surface area contributed by atoms with Crippen LogP contribution >= 0.6 is 0 Å². The van der Waals surface area contributed by atoms with Gasteiger partial charge in [0.2, 0.25) is 0 Å². The Hall–Kier alpha value is -2.10. The van der Waals surface area contributed by atoms with Crippen LogP contribution < -0.4 is 0 Å². The number of hydrogen-bond donors (Lipinski definition) is 1. The Kier molecular flexibility index (Phi) is 4.51. The highest BCUT2D eigenvalue weighted by atomic mass is 16.3. The minimum Gasteiger partial charge on any atom is -0.506 e. The van der Waals surface area contributed by atoms with Crippen molar-refractivity contribution in [1.82, 2.24) is 4.90 Å². The van der Waals surface area contributed by atoms with Gasteiger partial charge < -0.3 is 10.0 Å². The van der Waals surface area contributed by atoms with Gasteiger partial charge in [-0.15, -0.1) is 0 Å². The van der Waals surface area contributed by atoms with Gasteiger partial charge in [0.05, 0.1) is 6.54 Å². The molecule has 0 bridgehead atoms. The van der Waals surface area contributed by atoms with Crippen LogP contribution in [0.2, 0.25) is 0 Å². The first-order valence-corrected chi connectivity index (χ1v) is 8.48. The van der Waals surface area contributed by atoms with E-state index < -0.39 is 0 Å². The summed E-state index contributed by atoms with van der Waals surface area (Å²) in [6.07, 6.45) is 6.47. The fraction of sp³-hybridized carbons (Fsp3) is 0.474. The van der Waals surface area contributed by atoms with Gasteiger partial charge in [0.1, 0.15) is 11.3 Å². The van der Waals surface area contributed by atoms with Crippen LogP contribution in [0.15, 0.2) is 29.8 Å². The zero-order valence-corrected chi connectivity index (χ0v) is 13.5. The zero-order chi connectivity index (χ0) is 16.4. The zero-order valence-electron chi connectivity index (χ0n) is 13.5. The van der Waals surface area contributed by atoms with Crippen LogP contribution in [0.4, 0.5) is 0 Å². The van der Waals surface area contributed by atoms with Crippen molar-refractivity contribution in [2.24, 2.45) is 0 Å². The largest absolute Gasteiger partial charge is 0.506 e. The van der Waals surface area contributed by atoms with Crippen LogP contribution in [0.5, 0.6) is 0 Å². The predicted molar refractivity (Wildman–Crippen MR) is 89.0 cm³/mol. The van der Waals surface area contributed by atoms with E-state index >= 15 is 0 Å². The van der Waals surface area contributed by atoms with Gasteiger partial charge in [0.25, 0.3) is 5.91 Å². The highest BCUT2D eigenvalue weighted by Crippen LogP contribution is 2.33. The van der Waals surface area contributed by atoms with E-state index in [1.807, 2.05) is 12.1 Å². The molecule has 1 amide bonds. The van der Waals surface area contributed by atoms with Crippen LogP contribution in [-0.2, 0) is 16.0 Å². The number of rotatable bonds is 6. The van der Waals surface area contributed by atoms with Crippen LogP contribution in [0.1, 0.15) is 50.2 Å². The van der Waals surface area contributed by atoms with Gasteiger partial charge >= 0.3 is 0 Å². The molecule has 1 aromatic carbocycles. The second-order valence-electron chi connectivity index (χ2n) is 6.47. The summed E-state index contributed by atoms with van der Waals surface area (Å²) in [5.41, 5.74) is 1.71. The highest BCUT2D eigenvalue weighted by molar-refractivity contribution is 6.28. The van der Waals surface area contributed by atoms with Gasteiger partial charge in [-0.2, -0.15) is 0 Å². The molecule has 23 heavy (non-hydrogen) atoms. The Bertz CT molecular complexity index is 641. The average Bonchev–Trinajstić information content (AvgIpc) is 3.34. The molecule has 1 aromatic rings. The summed E-state index contributed by atoms with van der Waals surface area (Å²) in [4.78, 5) is 26.0. The molecule has 1 aliphatic heterocycles.